The molecule has 1 aromatic carbocycles. The Bertz CT molecular complexity index is 635. The Morgan fingerprint density at radius 2 is 1.83 bits per heavy atom. The molecule has 1 unspecified atom stereocenters. The molecule has 2 saturated heterocycles. The highest BCUT2D eigenvalue weighted by atomic mass is 16.2. The Morgan fingerprint density at radius 1 is 1.17 bits per heavy atom. The van der Waals surface area contributed by atoms with Crippen molar-refractivity contribution >= 4 is 23.4 Å². The Balaban J connectivity index is 1.53. The number of anilines is 1. The SMILES string of the molecule is Cc1ccc(N2CC(C(=O)NCC(=O)N3CCCC3)CC2=O)cc1. The van der Waals surface area contributed by atoms with Crippen LogP contribution in [-0.4, -0.2) is 48.8 Å². The minimum absolute atomic E-state index is 0.0219. The van der Waals surface area contributed by atoms with Crippen molar-refractivity contribution in [1.82, 2.24) is 10.2 Å². The van der Waals surface area contributed by atoms with Gasteiger partial charge in [0.25, 0.3) is 0 Å². The molecule has 0 aromatic heterocycles. The highest BCUT2D eigenvalue weighted by molar-refractivity contribution is 6.00. The average Bonchev–Trinajstić information content (AvgIpc) is 3.23. The molecular weight excluding hydrogens is 306 g/mol. The Hall–Kier alpha value is -2.37. The molecule has 0 saturated carbocycles. The van der Waals surface area contributed by atoms with Crippen LogP contribution in [0.25, 0.3) is 0 Å². The zero-order valence-corrected chi connectivity index (χ0v) is 14.0. The van der Waals surface area contributed by atoms with Gasteiger partial charge in [-0.15, -0.1) is 0 Å². The van der Waals surface area contributed by atoms with Crippen LogP contribution in [0, 0.1) is 12.8 Å². The molecule has 1 atom stereocenters. The molecular formula is C18H23N3O3. The molecule has 2 heterocycles. The summed E-state index contributed by atoms with van der Waals surface area (Å²) < 4.78 is 0. The fourth-order valence-electron chi connectivity index (χ4n) is 3.24. The molecule has 128 valence electrons. The number of rotatable bonds is 4. The lowest BCUT2D eigenvalue weighted by atomic mass is 10.1. The molecule has 24 heavy (non-hydrogen) atoms. The van der Waals surface area contributed by atoms with E-state index in [1.165, 1.54) is 0 Å². The second-order valence-corrected chi connectivity index (χ2v) is 6.55. The predicted octanol–water partition coefficient (Wildman–Crippen LogP) is 1.09. The van der Waals surface area contributed by atoms with Gasteiger partial charge in [0.05, 0.1) is 12.5 Å². The molecule has 2 aliphatic rings. The Kier molecular flexibility index (Phi) is 4.83. The van der Waals surface area contributed by atoms with Gasteiger partial charge in [-0.05, 0) is 31.9 Å². The maximum atomic E-state index is 12.3. The zero-order valence-electron chi connectivity index (χ0n) is 14.0. The van der Waals surface area contributed by atoms with Crippen LogP contribution in [0.4, 0.5) is 5.69 Å². The van der Waals surface area contributed by atoms with Crippen LogP contribution >= 0.6 is 0 Å². The summed E-state index contributed by atoms with van der Waals surface area (Å²) in [6, 6.07) is 7.68. The average molecular weight is 329 g/mol. The lowest BCUT2D eigenvalue weighted by Crippen LogP contribution is -2.41. The maximum absolute atomic E-state index is 12.3. The number of hydrogen-bond acceptors (Lipinski definition) is 3. The van der Waals surface area contributed by atoms with Crippen LogP contribution in [0.1, 0.15) is 24.8 Å². The van der Waals surface area contributed by atoms with Crippen LogP contribution in [0.3, 0.4) is 0 Å². The van der Waals surface area contributed by atoms with E-state index in [2.05, 4.69) is 5.32 Å². The normalized spacial score (nSPS) is 20.5. The molecule has 3 rings (SSSR count). The van der Waals surface area contributed by atoms with E-state index < -0.39 is 5.92 Å². The molecule has 6 heteroatoms. The zero-order chi connectivity index (χ0) is 17.1. The summed E-state index contributed by atoms with van der Waals surface area (Å²) in [7, 11) is 0. The van der Waals surface area contributed by atoms with Crippen molar-refractivity contribution in [3.8, 4) is 0 Å². The highest BCUT2D eigenvalue weighted by Gasteiger charge is 2.35. The lowest BCUT2D eigenvalue weighted by molar-refractivity contribution is -0.133. The minimum atomic E-state index is -0.398. The van der Waals surface area contributed by atoms with E-state index in [9.17, 15) is 14.4 Å². The van der Waals surface area contributed by atoms with E-state index in [1.54, 1.807) is 9.80 Å². The fourth-order valence-corrected chi connectivity index (χ4v) is 3.24. The van der Waals surface area contributed by atoms with Gasteiger partial charge in [0, 0.05) is 31.7 Å². The number of aryl methyl sites for hydroxylation is 1. The third-order valence-corrected chi connectivity index (χ3v) is 4.71. The van der Waals surface area contributed by atoms with Gasteiger partial charge < -0.3 is 15.1 Å². The van der Waals surface area contributed by atoms with Crippen molar-refractivity contribution in [1.29, 1.82) is 0 Å². The summed E-state index contributed by atoms with van der Waals surface area (Å²) in [5.74, 6) is -0.707. The molecule has 0 radical (unpaired) electrons. The van der Waals surface area contributed by atoms with Crippen molar-refractivity contribution in [2.75, 3.05) is 31.1 Å². The molecule has 0 aliphatic carbocycles. The van der Waals surface area contributed by atoms with Crippen LogP contribution in [-0.2, 0) is 14.4 Å². The summed E-state index contributed by atoms with van der Waals surface area (Å²) in [5.41, 5.74) is 1.94. The number of nitrogens with one attached hydrogen (secondary N) is 1. The number of hydrogen-bond donors (Lipinski definition) is 1. The topological polar surface area (TPSA) is 69.7 Å². The van der Waals surface area contributed by atoms with Crippen molar-refractivity contribution in [2.24, 2.45) is 5.92 Å². The number of likely N-dealkylation sites (tertiary alicyclic amines) is 1. The van der Waals surface area contributed by atoms with E-state index in [0.29, 0.717) is 6.54 Å². The van der Waals surface area contributed by atoms with Crippen molar-refractivity contribution < 1.29 is 14.4 Å². The summed E-state index contributed by atoms with van der Waals surface area (Å²) in [6.07, 6.45) is 2.25. The largest absolute Gasteiger partial charge is 0.347 e. The number of benzene rings is 1. The highest BCUT2D eigenvalue weighted by Crippen LogP contribution is 2.25. The van der Waals surface area contributed by atoms with E-state index in [4.69, 9.17) is 0 Å². The van der Waals surface area contributed by atoms with Gasteiger partial charge in [-0.25, -0.2) is 0 Å². The summed E-state index contributed by atoms with van der Waals surface area (Å²) in [4.78, 5) is 39.9. The third kappa shape index (κ3) is 3.58. The smallest absolute Gasteiger partial charge is 0.241 e. The first-order valence-electron chi connectivity index (χ1n) is 8.47. The van der Waals surface area contributed by atoms with E-state index in [1.807, 2.05) is 31.2 Å². The molecule has 3 amide bonds. The molecule has 2 fully saturated rings. The third-order valence-electron chi connectivity index (χ3n) is 4.71. The first-order chi connectivity index (χ1) is 11.5. The first-order valence-corrected chi connectivity index (χ1v) is 8.47. The number of nitrogens with zero attached hydrogens (tertiary/aromatic N) is 2. The maximum Gasteiger partial charge on any atom is 0.241 e. The van der Waals surface area contributed by atoms with Gasteiger partial charge in [-0.3, -0.25) is 14.4 Å². The first kappa shape index (κ1) is 16.5. The van der Waals surface area contributed by atoms with Crippen LogP contribution < -0.4 is 10.2 Å². The van der Waals surface area contributed by atoms with E-state index >= 15 is 0 Å². The summed E-state index contributed by atoms with van der Waals surface area (Å²) >= 11 is 0. The molecule has 0 bridgehead atoms. The van der Waals surface area contributed by atoms with Gasteiger partial charge in [0.15, 0.2) is 0 Å². The van der Waals surface area contributed by atoms with Crippen LogP contribution in [0.5, 0.6) is 0 Å². The number of amides is 3. The molecule has 1 N–H and O–H groups in total. The summed E-state index contributed by atoms with van der Waals surface area (Å²) in [6.45, 7) is 3.93. The van der Waals surface area contributed by atoms with Crippen molar-refractivity contribution in [3.05, 3.63) is 29.8 Å². The van der Waals surface area contributed by atoms with E-state index in [-0.39, 0.29) is 30.7 Å². The molecule has 0 spiro atoms. The van der Waals surface area contributed by atoms with E-state index in [0.717, 1.165) is 37.2 Å². The van der Waals surface area contributed by atoms with Gasteiger partial charge >= 0.3 is 0 Å². The van der Waals surface area contributed by atoms with Crippen LogP contribution in [0.2, 0.25) is 0 Å². The van der Waals surface area contributed by atoms with Gasteiger partial charge in [0.2, 0.25) is 17.7 Å². The van der Waals surface area contributed by atoms with Gasteiger partial charge in [-0.1, -0.05) is 17.7 Å². The monoisotopic (exact) mass is 329 g/mol. The second-order valence-electron chi connectivity index (χ2n) is 6.55. The number of carbonyl (C=O) groups excluding carboxylic acids is 3. The quantitative estimate of drug-likeness (QED) is 0.899. The minimum Gasteiger partial charge on any atom is -0.347 e. The fraction of sp³-hybridized carbons (Fsp3) is 0.500. The molecule has 6 nitrogen and oxygen atoms in total. The van der Waals surface area contributed by atoms with Crippen LogP contribution in [0.15, 0.2) is 24.3 Å². The lowest BCUT2D eigenvalue weighted by Gasteiger charge is -2.18. The Morgan fingerprint density at radius 3 is 2.50 bits per heavy atom. The van der Waals surface area contributed by atoms with Gasteiger partial charge in [-0.2, -0.15) is 0 Å². The molecule has 2 aliphatic heterocycles. The Labute approximate surface area is 141 Å². The van der Waals surface area contributed by atoms with Gasteiger partial charge in [0.1, 0.15) is 0 Å². The predicted molar refractivity (Wildman–Crippen MR) is 90.5 cm³/mol. The standard InChI is InChI=1S/C18H23N3O3/c1-13-4-6-15(7-5-13)21-12-14(10-16(21)22)18(24)19-11-17(23)20-8-2-3-9-20/h4-7,14H,2-3,8-12H2,1H3,(H,19,24). The molecule has 1 aromatic rings. The number of carbonyl (C=O) groups is 3. The van der Waals surface area contributed by atoms with Crippen molar-refractivity contribution in [3.63, 3.8) is 0 Å². The summed E-state index contributed by atoms with van der Waals surface area (Å²) in [5, 5.41) is 2.69. The van der Waals surface area contributed by atoms with Crippen molar-refractivity contribution in [2.45, 2.75) is 26.2 Å². The second kappa shape index (κ2) is 7.03.